The van der Waals surface area contributed by atoms with Crippen LogP contribution < -0.4 is 10.6 Å². The van der Waals surface area contributed by atoms with Crippen molar-refractivity contribution < 1.29 is 14.0 Å². The first-order valence-corrected chi connectivity index (χ1v) is 13.1. The van der Waals surface area contributed by atoms with E-state index in [9.17, 15) is 9.59 Å². The second kappa shape index (κ2) is 10.1. The summed E-state index contributed by atoms with van der Waals surface area (Å²) < 4.78 is 5.70. The predicted molar refractivity (Wildman–Crippen MR) is 141 cm³/mol. The minimum absolute atomic E-state index is 0.126. The molecule has 2 amide bonds. The Morgan fingerprint density at radius 1 is 1.06 bits per heavy atom. The number of nitrogens with one attached hydrogen (secondary N) is 2. The molecule has 0 atom stereocenters. The summed E-state index contributed by atoms with van der Waals surface area (Å²) in [6.07, 6.45) is 5.88. The SMILES string of the molecule is CC(C)c1ccc2occ(CC(=O)Nc3sc4c(c3C(=O)NCc3ccccc3)CCCC4)c2c1. The number of hydrogen-bond acceptors (Lipinski definition) is 4. The van der Waals surface area contributed by atoms with Crippen molar-refractivity contribution in [2.45, 2.75) is 58.4 Å². The Hall–Kier alpha value is -3.38. The molecule has 2 N–H and O–H groups in total. The zero-order valence-electron chi connectivity index (χ0n) is 20.1. The lowest BCUT2D eigenvalue weighted by atomic mass is 9.95. The van der Waals surface area contributed by atoms with Crippen molar-refractivity contribution in [2.24, 2.45) is 0 Å². The fourth-order valence-corrected chi connectivity index (χ4v) is 6.00. The third-order valence-corrected chi connectivity index (χ3v) is 7.85. The fraction of sp³-hybridized carbons (Fsp3) is 0.310. The molecule has 1 aliphatic carbocycles. The summed E-state index contributed by atoms with van der Waals surface area (Å²) in [4.78, 5) is 27.6. The lowest BCUT2D eigenvalue weighted by Gasteiger charge is -2.13. The molecular weight excluding hydrogens is 456 g/mol. The molecule has 180 valence electrons. The van der Waals surface area contributed by atoms with Crippen molar-refractivity contribution >= 4 is 39.1 Å². The first-order chi connectivity index (χ1) is 17.0. The molecule has 0 radical (unpaired) electrons. The molecule has 2 heterocycles. The summed E-state index contributed by atoms with van der Waals surface area (Å²) in [7, 11) is 0. The van der Waals surface area contributed by atoms with Crippen LogP contribution in [0.5, 0.6) is 0 Å². The minimum atomic E-state index is -0.140. The number of benzene rings is 2. The highest BCUT2D eigenvalue weighted by molar-refractivity contribution is 7.17. The Morgan fingerprint density at radius 3 is 2.66 bits per heavy atom. The average Bonchev–Trinajstić information content (AvgIpc) is 3.43. The second-order valence-electron chi connectivity index (χ2n) is 9.48. The molecule has 6 heteroatoms. The number of fused-ring (bicyclic) bond motifs is 2. The number of anilines is 1. The van der Waals surface area contributed by atoms with E-state index in [4.69, 9.17) is 4.42 Å². The van der Waals surface area contributed by atoms with Gasteiger partial charge < -0.3 is 15.1 Å². The van der Waals surface area contributed by atoms with Gasteiger partial charge in [-0.3, -0.25) is 9.59 Å². The molecule has 0 saturated heterocycles. The molecule has 2 aromatic carbocycles. The van der Waals surface area contributed by atoms with Gasteiger partial charge in [0.1, 0.15) is 10.6 Å². The third kappa shape index (κ3) is 5.03. The van der Waals surface area contributed by atoms with Gasteiger partial charge in [0.05, 0.1) is 18.2 Å². The van der Waals surface area contributed by atoms with Crippen LogP contribution in [-0.2, 0) is 30.6 Å². The maximum Gasteiger partial charge on any atom is 0.254 e. The Morgan fingerprint density at radius 2 is 1.86 bits per heavy atom. The lowest BCUT2D eigenvalue weighted by Crippen LogP contribution is -2.25. The smallest absolute Gasteiger partial charge is 0.254 e. The van der Waals surface area contributed by atoms with Crippen LogP contribution in [0, 0.1) is 0 Å². The largest absolute Gasteiger partial charge is 0.464 e. The van der Waals surface area contributed by atoms with Gasteiger partial charge in [-0.2, -0.15) is 0 Å². The van der Waals surface area contributed by atoms with Crippen LogP contribution in [0.3, 0.4) is 0 Å². The van der Waals surface area contributed by atoms with Crippen LogP contribution in [0.4, 0.5) is 5.00 Å². The van der Waals surface area contributed by atoms with E-state index in [0.29, 0.717) is 23.0 Å². The standard InChI is InChI=1S/C29H30N2O3S/c1-18(2)20-12-13-24-23(14-20)21(17-34-24)15-26(32)31-29-27(22-10-6-7-11-25(22)35-29)28(33)30-16-19-8-4-3-5-9-19/h3-5,8-9,12-14,17-18H,6-7,10-11,15-16H2,1-2H3,(H,30,33)(H,31,32). The van der Waals surface area contributed by atoms with Crippen molar-refractivity contribution in [1.29, 1.82) is 0 Å². The van der Waals surface area contributed by atoms with Crippen molar-refractivity contribution in [2.75, 3.05) is 5.32 Å². The van der Waals surface area contributed by atoms with E-state index in [0.717, 1.165) is 53.3 Å². The highest BCUT2D eigenvalue weighted by Gasteiger charge is 2.26. The van der Waals surface area contributed by atoms with Crippen molar-refractivity contribution in [3.05, 3.63) is 87.5 Å². The predicted octanol–water partition coefficient (Wildman–Crippen LogP) is 6.61. The van der Waals surface area contributed by atoms with Gasteiger partial charge >= 0.3 is 0 Å². The Bertz CT molecular complexity index is 1370. The molecule has 2 aromatic heterocycles. The Labute approximate surface area is 209 Å². The molecule has 4 aromatic rings. The number of thiophene rings is 1. The van der Waals surface area contributed by atoms with E-state index >= 15 is 0 Å². The molecular formula is C29H30N2O3S. The highest BCUT2D eigenvalue weighted by atomic mass is 32.1. The molecule has 1 aliphatic rings. The quantitative estimate of drug-likeness (QED) is 0.309. The van der Waals surface area contributed by atoms with Gasteiger partial charge in [0.2, 0.25) is 5.91 Å². The minimum Gasteiger partial charge on any atom is -0.464 e. The lowest BCUT2D eigenvalue weighted by molar-refractivity contribution is -0.115. The summed E-state index contributed by atoms with van der Waals surface area (Å²) in [5, 5.41) is 7.74. The summed E-state index contributed by atoms with van der Waals surface area (Å²) in [5.41, 5.74) is 5.62. The summed E-state index contributed by atoms with van der Waals surface area (Å²) in [5.74, 6) is 0.127. The van der Waals surface area contributed by atoms with E-state index < -0.39 is 0 Å². The van der Waals surface area contributed by atoms with Gasteiger partial charge in [0.25, 0.3) is 5.91 Å². The molecule has 5 nitrogen and oxygen atoms in total. The van der Waals surface area contributed by atoms with Gasteiger partial charge in [0, 0.05) is 22.4 Å². The zero-order chi connectivity index (χ0) is 24.4. The molecule has 0 aliphatic heterocycles. The van der Waals surface area contributed by atoms with Gasteiger partial charge in [-0.1, -0.05) is 50.2 Å². The molecule has 5 rings (SSSR count). The van der Waals surface area contributed by atoms with E-state index in [2.05, 4.69) is 36.6 Å². The second-order valence-corrected chi connectivity index (χ2v) is 10.6. The van der Waals surface area contributed by atoms with Crippen LogP contribution in [0.2, 0.25) is 0 Å². The van der Waals surface area contributed by atoms with Gasteiger partial charge in [-0.05, 0) is 60.4 Å². The topological polar surface area (TPSA) is 71.3 Å². The molecule has 0 bridgehead atoms. The van der Waals surface area contributed by atoms with Crippen molar-refractivity contribution in [3.63, 3.8) is 0 Å². The molecule has 0 unspecified atom stereocenters. The third-order valence-electron chi connectivity index (χ3n) is 6.64. The molecule has 0 fully saturated rings. The Kier molecular flexibility index (Phi) is 6.73. The zero-order valence-corrected chi connectivity index (χ0v) is 21.0. The summed E-state index contributed by atoms with van der Waals surface area (Å²) >= 11 is 1.55. The monoisotopic (exact) mass is 486 g/mol. The number of aryl methyl sites for hydroxylation is 1. The maximum absolute atomic E-state index is 13.3. The highest BCUT2D eigenvalue weighted by Crippen LogP contribution is 2.38. The van der Waals surface area contributed by atoms with Crippen LogP contribution in [0.25, 0.3) is 11.0 Å². The van der Waals surface area contributed by atoms with Crippen LogP contribution >= 0.6 is 11.3 Å². The van der Waals surface area contributed by atoms with Gasteiger partial charge in [-0.15, -0.1) is 11.3 Å². The first-order valence-electron chi connectivity index (χ1n) is 12.3. The number of amides is 2. The molecule has 35 heavy (non-hydrogen) atoms. The normalized spacial score (nSPS) is 13.1. The summed E-state index contributed by atoms with van der Waals surface area (Å²) in [6.45, 7) is 4.75. The number of furan rings is 1. The van der Waals surface area contributed by atoms with Crippen LogP contribution in [-0.4, -0.2) is 11.8 Å². The summed E-state index contributed by atoms with van der Waals surface area (Å²) in [6, 6.07) is 16.0. The van der Waals surface area contributed by atoms with Crippen molar-refractivity contribution in [1.82, 2.24) is 5.32 Å². The average molecular weight is 487 g/mol. The van der Waals surface area contributed by atoms with Crippen LogP contribution in [0.15, 0.2) is 59.2 Å². The van der Waals surface area contributed by atoms with Gasteiger partial charge in [0.15, 0.2) is 0 Å². The van der Waals surface area contributed by atoms with Crippen molar-refractivity contribution in [3.8, 4) is 0 Å². The maximum atomic E-state index is 13.3. The van der Waals surface area contributed by atoms with E-state index in [1.807, 2.05) is 36.4 Å². The van der Waals surface area contributed by atoms with Gasteiger partial charge in [-0.25, -0.2) is 0 Å². The number of carbonyl (C=O) groups excluding carboxylic acids is 2. The molecule has 0 saturated carbocycles. The first kappa shape index (κ1) is 23.4. The number of carbonyl (C=O) groups is 2. The molecule has 0 spiro atoms. The fourth-order valence-electron chi connectivity index (χ4n) is 4.70. The van der Waals surface area contributed by atoms with E-state index in [-0.39, 0.29) is 18.2 Å². The number of rotatable bonds is 7. The Balaban J connectivity index is 1.36. The number of hydrogen-bond donors (Lipinski definition) is 2. The van der Waals surface area contributed by atoms with E-state index in [1.165, 1.54) is 10.4 Å². The van der Waals surface area contributed by atoms with Crippen LogP contribution in [0.1, 0.15) is 70.1 Å². The van der Waals surface area contributed by atoms with E-state index in [1.54, 1.807) is 17.6 Å².